The first-order valence-corrected chi connectivity index (χ1v) is 8.54. The molecule has 1 heterocycles. The smallest absolute Gasteiger partial charge is 0.256 e. The van der Waals surface area contributed by atoms with E-state index >= 15 is 0 Å². The highest BCUT2D eigenvalue weighted by Gasteiger charge is 2.25. The van der Waals surface area contributed by atoms with E-state index in [1.165, 1.54) is 11.3 Å². The predicted molar refractivity (Wildman–Crippen MR) is 91.9 cm³/mol. The fourth-order valence-electron chi connectivity index (χ4n) is 1.90. The second-order valence-electron chi connectivity index (χ2n) is 4.89. The monoisotopic (exact) mass is 412 g/mol. The first-order valence-electron chi connectivity index (χ1n) is 6.59. The van der Waals surface area contributed by atoms with Crippen molar-refractivity contribution in [3.05, 3.63) is 49.7 Å². The van der Waals surface area contributed by atoms with Crippen LogP contribution in [-0.4, -0.2) is 17.9 Å². The van der Waals surface area contributed by atoms with E-state index in [0.29, 0.717) is 22.9 Å². The first kappa shape index (κ1) is 14.5. The number of hydrogen-bond acceptors (Lipinski definition) is 3. The van der Waals surface area contributed by atoms with Crippen molar-refractivity contribution in [2.75, 3.05) is 5.32 Å². The Kier molecular flexibility index (Phi) is 4.25. The fraction of sp³-hybridized carbons (Fsp3) is 0.200. The van der Waals surface area contributed by atoms with Gasteiger partial charge in [0.1, 0.15) is 0 Å². The minimum absolute atomic E-state index is 0.131. The molecule has 0 bridgehead atoms. The van der Waals surface area contributed by atoms with Gasteiger partial charge in [0.15, 0.2) is 0 Å². The highest BCUT2D eigenvalue weighted by Crippen LogP contribution is 2.23. The zero-order chi connectivity index (χ0) is 14.8. The standard InChI is InChI=1S/C15H13IN2O2S/c16-13-7-9(8-21-13)14(19)18-12-4-2-1-3-11(12)15(20)17-10-5-6-10/h1-4,7-8,10H,5-6H2,(H,17,20)(H,18,19). The second-order valence-corrected chi connectivity index (χ2v) is 7.69. The van der Waals surface area contributed by atoms with Crippen LogP contribution in [0.4, 0.5) is 5.69 Å². The number of hydrogen-bond donors (Lipinski definition) is 2. The van der Waals surface area contributed by atoms with E-state index in [0.717, 1.165) is 15.7 Å². The average Bonchev–Trinajstić information content (AvgIpc) is 3.17. The van der Waals surface area contributed by atoms with Crippen LogP contribution in [0.5, 0.6) is 0 Å². The van der Waals surface area contributed by atoms with Gasteiger partial charge in [0.25, 0.3) is 11.8 Å². The van der Waals surface area contributed by atoms with E-state index in [9.17, 15) is 9.59 Å². The van der Waals surface area contributed by atoms with Gasteiger partial charge in [0.2, 0.25) is 0 Å². The minimum Gasteiger partial charge on any atom is -0.349 e. The third-order valence-corrected chi connectivity index (χ3v) is 4.95. The van der Waals surface area contributed by atoms with Gasteiger partial charge < -0.3 is 10.6 Å². The Balaban J connectivity index is 1.78. The molecule has 1 saturated carbocycles. The van der Waals surface area contributed by atoms with Crippen molar-refractivity contribution >= 4 is 51.4 Å². The molecule has 0 atom stereocenters. The molecule has 4 nitrogen and oxygen atoms in total. The third-order valence-electron chi connectivity index (χ3n) is 3.16. The van der Waals surface area contributed by atoms with Crippen LogP contribution in [0, 0.1) is 2.88 Å². The van der Waals surface area contributed by atoms with Crippen molar-refractivity contribution in [2.24, 2.45) is 0 Å². The second kappa shape index (κ2) is 6.15. The summed E-state index contributed by atoms with van der Waals surface area (Å²) in [5.41, 5.74) is 1.66. The van der Waals surface area contributed by atoms with Gasteiger partial charge in [-0.15, -0.1) is 11.3 Å². The largest absolute Gasteiger partial charge is 0.349 e. The number of anilines is 1. The van der Waals surface area contributed by atoms with E-state index in [2.05, 4.69) is 33.2 Å². The summed E-state index contributed by atoms with van der Waals surface area (Å²) >= 11 is 3.69. The molecule has 1 aliphatic carbocycles. The lowest BCUT2D eigenvalue weighted by atomic mass is 10.1. The summed E-state index contributed by atoms with van der Waals surface area (Å²) in [4.78, 5) is 24.4. The Bertz CT molecular complexity index is 694. The maximum atomic E-state index is 12.2. The molecule has 21 heavy (non-hydrogen) atoms. The van der Waals surface area contributed by atoms with Crippen LogP contribution >= 0.6 is 33.9 Å². The first-order chi connectivity index (χ1) is 10.1. The topological polar surface area (TPSA) is 58.2 Å². The van der Waals surface area contributed by atoms with Gasteiger partial charge in [0.05, 0.1) is 19.7 Å². The molecule has 0 saturated heterocycles. The van der Waals surface area contributed by atoms with Crippen LogP contribution in [0.25, 0.3) is 0 Å². The fourth-order valence-corrected chi connectivity index (χ4v) is 3.23. The summed E-state index contributed by atoms with van der Waals surface area (Å²) in [5, 5.41) is 7.57. The highest BCUT2D eigenvalue weighted by atomic mass is 127. The molecule has 108 valence electrons. The Labute approximate surface area is 140 Å². The van der Waals surface area contributed by atoms with Gasteiger partial charge in [-0.2, -0.15) is 0 Å². The zero-order valence-corrected chi connectivity index (χ0v) is 14.0. The quantitative estimate of drug-likeness (QED) is 0.756. The number of benzene rings is 1. The highest BCUT2D eigenvalue weighted by molar-refractivity contribution is 14.1. The molecule has 0 radical (unpaired) electrons. The van der Waals surface area contributed by atoms with Crippen LogP contribution in [-0.2, 0) is 0 Å². The number of amides is 2. The summed E-state index contributed by atoms with van der Waals surface area (Å²) in [5.74, 6) is -0.325. The summed E-state index contributed by atoms with van der Waals surface area (Å²) in [6.45, 7) is 0. The maximum Gasteiger partial charge on any atom is 0.256 e. The minimum atomic E-state index is -0.194. The van der Waals surface area contributed by atoms with Gasteiger partial charge in [0, 0.05) is 11.4 Å². The van der Waals surface area contributed by atoms with E-state index in [-0.39, 0.29) is 11.8 Å². The van der Waals surface area contributed by atoms with Crippen molar-refractivity contribution in [1.29, 1.82) is 0 Å². The number of halogens is 1. The van der Waals surface area contributed by atoms with Crippen LogP contribution in [0.3, 0.4) is 0 Å². The molecular weight excluding hydrogens is 399 g/mol. The lowest BCUT2D eigenvalue weighted by molar-refractivity contribution is 0.0952. The molecule has 2 N–H and O–H groups in total. The lowest BCUT2D eigenvalue weighted by Gasteiger charge is -2.10. The summed E-state index contributed by atoms with van der Waals surface area (Å²) < 4.78 is 1.05. The molecule has 1 aromatic carbocycles. The molecule has 0 aliphatic heterocycles. The molecule has 3 rings (SSSR count). The normalized spacial score (nSPS) is 13.8. The zero-order valence-electron chi connectivity index (χ0n) is 11.1. The van der Waals surface area contributed by atoms with Gasteiger partial charge in [-0.3, -0.25) is 9.59 Å². The van der Waals surface area contributed by atoms with Crippen LogP contribution in [0.2, 0.25) is 0 Å². The van der Waals surface area contributed by atoms with E-state index < -0.39 is 0 Å². The molecule has 0 unspecified atom stereocenters. The van der Waals surface area contributed by atoms with Crippen molar-refractivity contribution < 1.29 is 9.59 Å². The molecule has 6 heteroatoms. The maximum absolute atomic E-state index is 12.2. The van der Waals surface area contributed by atoms with Gasteiger partial charge in [-0.1, -0.05) is 12.1 Å². The summed E-state index contributed by atoms with van der Waals surface area (Å²) in [6.07, 6.45) is 2.07. The Hall–Kier alpha value is -1.41. The number of carbonyl (C=O) groups is 2. The van der Waals surface area contributed by atoms with E-state index in [1.807, 2.05) is 11.4 Å². The van der Waals surface area contributed by atoms with Crippen LogP contribution in [0.15, 0.2) is 35.7 Å². The predicted octanol–water partition coefficient (Wildman–Crippen LogP) is 3.50. The van der Waals surface area contributed by atoms with Crippen LogP contribution < -0.4 is 10.6 Å². The molecule has 1 aromatic heterocycles. The Morgan fingerprint density at radius 1 is 1.19 bits per heavy atom. The average molecular weight is 412 g/mol. The lowest BCUT2D eigenvalue weighted by Crippen LogP contribution is -2.26. The third kappa shape index (κ3) is 3.62. The molecule has 1 aliphatic rings. The molecular formula is C15H13IN2O2S. The van der Waals surface area contributed by atoms with Crippen molar-refractivity contribution in [2.45, 2.75) is 18.9 Å². The van der Waals surface area contributed by atoms with E-state index in [4.69, 9.17) is 0 Å². The molecule has 0 spiro atoms. The molecule has 2 amide bonds. The van der Waals surface area contributed by atoms with Gasteiger partial charge in [-0.25, -0.2) is 0 Å². The number of thiophene rings is 1. The SMILES string of the molecule is O=C(Nc1ccccc1C(=O)NC1CC1)c1csc(I)c1. The Morgan fingerprint density at radius 3 is 2.62 bits per heavy atom. The molecule has 2 aromatic rings. The van der Waals surface area contributed by atoms with Gasteiger partial charge in [-0.05, 0) is 53.6 Å². The van der Waals surface area contributed by atoms with Gasteiger partial charge >= 0.3 is 0 Å². The number of rotatable bonds is 4. The molecule has 1 fully saturated rings. The van der Waals surface area contributed by atoms with Crippen molar-refractivity contribution in [3.63, 3.8) is 0 Å². The van der Waals surface area contributed by atoms with E-state index in [1.54, 1.807) is 24.3 Å². The van der Waals surface area contributed by atoms with Crippen molar-refractivity contribution in [1.82, 2.24) is 5.32 Å². The van der Waals surface area contributed by atoms with Crippen LogP contribution in [0.1, 0.15) is 33.6 Å². The summed E-state index contributed by atoms with van der Waals surface area (Å²) in [6, 6.07) is 9.20. The summed E-state index contributed by atoms with van der Waals surface area (Å²) in [7, 11) is 0. The van der Waals surface area contributed by atoms with Crippen molar-refractivity contribution in [3.8, 4) is 0 Å². The number of para-hydroxylation sites is 1. The number of carbonyl (C=O) groups excluding carboxylic acids is 2. The Morgan fingerprint density at radius 2 is 1.95 bits per heavy atom. The number of nitrogens with one attached hydrogen (secondary N) is 2.